The van der Waals surface area contributed by atoms with E-state index in [4.69, 9.17) is 12.2 Å². The van der Waals surface area contributed by atoms with Gasteiger partial charge in [0.05, 0.1) is 0 Å². The lowest BCUT2D eigenvalue weighted by atomic mass is 9.94. The van der Waals surface area contributed by atoms with E-state index in [1.165, 1.54) is 44.9 Å². The number of allylic oxidation sites excluding steroid dienone is 1. The quantitative estimate of drug-likeness (QED) is 0.645. The molecule has 18 heavy (non-hydrogen) atoms. The van der Waals surface area contributed by atoms with Crippen molar-refractivity contribution in [2.24, 2.45) is 5.73 Å². The van der Waals surface area contributed by atoms with Crippen LogP contribution in [0.25, 0.3) is 0 Å². The number of hydrogen-bond donors (Lipinski definition) is 2. The summed E-state index contributed by atoms with van der Waals surface area (Å²) in [6.07, 6.45) is 18.7. The third-order valence-electron chi connectivity index (χ3n) is 3.66. The lowest BCUT2D eigenvalue weighted by molar-refractivity contribution is 0.396. The largest absolute Gasteiger partial charge is 0.388 e. The van der Waals surface area contributed by atoms with Crippen LogP contribution in [0.15, 0.2) is 11.8 Å². The molecular formula is C16H28N2. The molecule has 0 aromatic carbocycles. The molecular weight excluding hydrogens is 220 g/mol. The van der Waals surface area contributed by atoms with Crippen molar-refractivity contribution in [2.75, 3.05) is 6.54 Å². The summed E-state index contributed by atoms with van der Waals surface area (Å²) < 4.78 is 0. The van der Waals surface area contributed by atoms with Gasteiger partial charge < -0.3 is 11.1 Å². The first-order valence-electron chi connectivity index (χ1n) is 7.32. The third kappa shape index (κ3) is 6.71. The Morgan fingerprint density at radius 3 is 2.44 bits per heavy atom. The van der Waals surface area contributed by atoms with Crippen molar-refractivity contribution in [3.63, 3.8) is 0 Å². The molecule has 2 nitrogen and oxygen atoms in total. The topological polar surface area (TPSA) is 38.0 Å². The van der Waals surface area contributed by atoms with Crippen LogP contribution in [0.2, 0.25) is 0 Å². The van der Waals surface area contributed by atoms with Gasteiger partial charge in [-0.2, -0.15) is 0 Å². The minimum Gasteiger partial charge on any atom is -0.388 e. The van der Waals surface area contributed by atoms with Gasteiger partial charge in [0.1, 0.15) is 0 Å². The van der Waals surface area contributed by atoms with Gasteiger partial charge in [0.25, 0.3) is 0 Å². The van der Waals surface area contributed by atoms with Crippen LogP contribution in [0, 0.1) is 12.3 Å². The summed E-state index contributed by atoms with van der Waals surface area (Å²) in [7, 11) is 0. The van der Waals surface area contributed by atoms with E-state index in [0.717, 1.165) is 25.0 Å². The first-order chi connectivity index (χ1) is 8.64. The molecule has 0 saturated heterocycles. The van der Waals surface area contributed by atoms with Crippen molar-refractivity contribution in [1.29, 1.82) is 0 Å². The van der Waals surface area contributed by atoms with Crippen molar-refractivity contribution >= 4 is 0 Å². The highest BCUT2D eigenvalue weighted by Crippen LogP contribution is 2.16. The van der Waals surface area contributed by atoms with Crippen LogP contribution in [0.1, 0.15) is 64.7 Å². The van der Waals surface area contributed by atoms with Gasteiger partial charge in [0.15, 0.2) is 0 Å². The summed E-state index contributed by atoms with van der Waals surface area (Å²) in [5, 5.41) is 3.30. The van der Waals surface area contributed by atoms with Gasteiger partial charge in [0.2, 0.25) is 0 Å². The Bertz CT molecular complexity index is 297. The minimum atomic E-state index is -0.125. The van der Waals surface area contributed by atoms with Crippen molar-refractivity contribution in [2.45, 2.75) is 70.3 Å². The summed E-state index contributed by atoms with van der Waals surface area (Å²) in [6, 6.07) is 0. The Balaban J connectivity index is 2.51. The Hall–Kier alpha value is -0.940. The second kappa shape index (κ2) is 8.21. The van der Waals surface area contributed by atoms with Crippen molar-refractivity contribution in [3.8, 4) is 12.3 Å². The fraction of sp³-hybridized carbons (Fsp3) is 0.750. The average molecular weight is 248 g/mol. The van der Waals surface area contributed by atoms with Crippen LogP contribution in [-0.4, -0.2) is 12.1 Å². The van der Waals surface area contributed by atoms with Crippen LogP contribution in [0.4, 0.5) is 0 Å². The van der Waals surface area contributed by atoms with Crippen molar-refractivity contribution in [3.05, 3.63) is 11.8 Å². The van der Waals surface area contributed by atoms with Gasteiger partial charge in [0, 0.05) is 23.9 Å². The fourth-order valence-electron chi connectivity index (χ4n) is 2.41. The van der Waals surface area contributed by atoms with Gasteiger partial charge in [-0.1, -0.05) is 44.4 Å². The van der Waals surface area contributed by atoms with E-state index >= 15 is 0 Å². The molecule has 3 N–H and O–H groups in total. The van der Waals surface area contributed by atoms with E-state index in [2.05, 4.69) is 18.2 Å². The Morgan fingerprint density at radius 2 is 1.78 bits per heavy atom. The van der Waals surface area contributed by atoms with E-state index in [-0.39, 0.29) is 5.54 Å². The first-order valence-corrected chi connectivity index (χ1v) is 7.32. The molecule has 1 unspecified atom stereocenters. The van der Waals surface area contributed by atoms with E-state index in [9.17, 15) is 0 Å². The SMILES string of the molecule is C#C/C1=C/NCC(C)(N)CCCCCCCCC1. The van der Waals surface area contributed by atoms with Crippen molar-refractivity contribution < 1.29 is 0 Å². The Labute approximate surface area is 112 Å². The highest BCUT2D eigenvalue weighted by Gasteiger charge is 2.16. The number of nitrogens with one attached hydrogen (secondary N) is 1. The van der Waals surface area contributed by atoms with Crippen LogP contribution in [0.5, 0.6) is 0 Å². The summed E-state index contributed by atoms with van der Waals surface area (Å²) in [5.41, 5.74) is 7.22. The average Bonchev–Trinajstić information content (AvgIpc) is 2.33. The summed E-state index contributed by atoms with van der Waals surface area (Å²) >= 11 is 0. The molecule has 1 rings (SSSR count). The van der Waals surface area contributed by atoms with Gasteiger partial charge >= 0.3 is 0 Å². The van der Waals surface area contributed by atoms with Crippen LogP contribution < -0.4 is 11.1 Å². The highest BCUT2D eigenvalue weighted by atomic mass is 14.9. The maximum absolute atomic E-state index is 6.27. The molecule has 0 fully saturated rings. The highest BCUT2D eigenvalue weighted by molar-refractivity contribution is 5.24. The smallest absolute Gasteiger partial charge is 0.0319 e. The lowest BCUT2D eigenvalue weighted by Gasteiger charge is -2.25. The fourth-order valence-corrected chi connectivity index (χ4v) is 2.41. The normalized spacial score (nSPS) is 31.3. The number of rotatable bonds is 0. The zero-order valence-electron chi connectivity index (χ0n) is 11.8. The lowest BCUT2D eigenvalue weighted by Crippen LogP contribution is -2.44. The molecule has 0 aromatic rings. The molecule has 1 atom stereocenters. The molecule has 1 aliphatic heterocycles. The molecule has 0 amide bonds. The van der Waals surface area contributed by atoms with Gasteiger partial charge in [-0.05, 0) is 26.2 Å². The first kappa shape index (κ1) is 15.1. The summed E-state index contributed by atoms with van der Waals surface area (Å²) in [4.78, 5) is 0. The molecule has 0 aliphatic carbocycles. The summed E-state index contributed by atoms with van der Waals surface area (Å²) in [5.74, 6) is 2.77. The molecule has 2 heteroatoms. The predicted octanol–water partition coefficient (Wildman–Crippen LogP) is 3.34. The zero-order chi connectivity index (χ0) is 13.3. The number of nitrogens with two attached hydrogens (primary N) is 1. The monoisotopic (exact) mass is 248 g/mol. The van der Waals surface area contributed by atoms with Gasteiger partial charge in [-0.3, -0.25) is 0 Å². The second-order valence-corrected chi connectivity index (χ2v) is 5.82. The van der Waals surface area contributed by atoms with E-state index in [0.29, 0.717) is 0 Å². The standard InChI is InChI=1S/C16H28N2/c1-3-15-11-9-7-5-4-6-8-10-12-16(2,17)14-18-13-15/h1,13,18H,4-12,14,17H2,2H3/b15-13-. The summed E-state index contributed by atoms with van der Waals surface area (Å²) in [6.45, 7) is 2.92. The van der Waals surface area contributed by atoms with Crippen LogP contribution in [-0.2, 0) is 0 Å². The molecule has 102 valence electrons. The van der Waals surface area contributed by atoms with E-state index in [1.807, 2.05) is 6.20 Å². The van der Waals surface area contributed by atoms with Crippen LogP contribution >= 0.6 is 0 Å². The maximum Gasteiger partial charge on any atom is 0.0319 e. The molecule has 1 heterocycles. The van der Waals surface area contributed by atoms with Crippen LogP contribution in [0.3, 0.4) is 0 Å². The predicted molar refractivity (Wildman–Crippen MR) is 79.1 cm³/mol. The van der Waals surface area contributed by atoms with E-state index in [1.54, 1.807) is 0 Å². The maximum atomic E-state index is 6.27. The molecule has 0 radical (unpaired) electrons. The number of terminal acetylenes is 1. The molecule has 0 bridgehead atoms. The molecule has 1 aliphatic rings. The van der Waals surface area contributed by atoms with Gasteiger partial charge in [-0.25, -0.2) is 0 Å². The van der Waals surface area contributed by atoms with Gasteiger partial charge in [-0.15, -0.1) is 6.42 Å². The molecule has 0 spiro atoms. The zero-order valence-corrected chi connectivity index (χ0v) is 11.8. The molecule has 0 saturated carbocycles. The minimum absolute atomic E-state index is 0.125. The second-order valence-electron chi connectivity index (χ2n) is 5.82. The third-order valence-corrected chi connectivity index (χ3v) is 3.66. The Kier molecular flexibility index (Phi) is 6.90. The van der Waals surface area contributed by atoms with Crippen molar-refractivity contribution in [1.82, 2.24) is 5.32 Å². The molecule has 0 aromatic heterocycles. The Morgan fingerprint density at radius 1 is 1.17 bits per heavy atom. The van der Waals surface area contributed by atoms with E-state index < -0.39 is 0 Å². The number of hydrogen-bond acceptors (Lipinski definition) is 2.